The third-order valence-electron chi connectivity index (χ3n) is 4.34. The molecule has 0 heterocycles. The minimum Gasteiger partial charge on any atom is -0.448 e. The SMILES string of the molecule is CC(=O)N/C(=C/c1ccccc1)C(=O)OC(C)C(=O)Nc1cccc2ccccc12. The smallest absolute Gasteiger partial charge is 0.355 e. The van der Waals surface area contributed by atoms with Gasteiger partial charge in [0.1, 0.15) is 5.70 Å². The molecule has 2 N–H and O–H groups in total. The fourth-order valence-corrected chi connectivity index (χ4v) is 2.90. The molecule has 6 heteroatoms. The number of rotatable bonds is 6. The molecule has 0 saturated heterocycles. The number of benzene rings is 3. The molecule has 3 rings (SSSR count). The van der Waals surface area contributed by atoms with E-state index in [1.165, 1.54) is 19.9 Å². The highest BCUT2D eigenvalue weighted by atomic mass is 16.5. The summed E-state index contributed by atoms with van der Waals surface area (Å²) in [7, 11) is 0. The molecule has 0 aliphatic heterocycles. The molecule has 0 aromatic heterocycles. The lowest BCUT2D eigenvalue weighted by atomic mass is 10.1. The van der Waals surface area contributed by atoms with Crippen molar-refractivity contribution in [1.82, 2.24) is 5.32 Å². The molecule has 0 spiro atoms. The Morgan fingerprint density at radius 2 is 1.57 bits per heavy atom. The number of hydrogen-bond acceptors (Lipinski definition) is 4. The van der Waals surface area contributed by atoms with Gasteiger partial charge in [-0.15, -0.1) is 0 Å². The van der Waals surface area contributed by atoms with E-state index in [-0.39, 0.29) is 5.70 Å². The molecule has 0 radical (unpaired) electrons. The number of hydrogen-bond donors (Lipinski definition) is 2. The molecule has 0 saturated carbocycles. The summed E-state index contributed by atoms with van der Waals surface area (Å²) in [5.41, 5.74) is 1.30. The van der Waals surface area contributed by atoms with E-state index in [4.69, 9.17) is 4.74 Å². The molecule has 1 atom stereocenters. The first kappa shape index (κ1) is 20.8. The summed E-state index contributed by atoms with van der Waals surface area (Å²) in [6.07, 6.45) is 0.434. The first-order valence-electron chi connectivity index (χ1n) is 9.48. The van der Waals surface area contributed by atoms with Crippen molar-refractivity contribution in [2.75, 3.05) is 5.32 Å². The van der Waals surface area contributed by atoms with Gasteiger partial charge in [-0.25, -0.2) is 4.79 Å². The van der Waals surface area contributed by atoms with E-state index in [1.54, 1.807) is 18.2 Å². The van der Waals surface area contributed by atoms with Gasteiger partial charge in [-0.1, -0.05) is 66.7 Å². The van der Waals surface area contributed by atoms with Crippen molar-refractivity contribution in [2.45, 2.75) is 20.0 Å². The maximum absolute atomic E-state index is 12.6. The number of carbonyl (C=O) groups is 3. The summed E-state index contributed by atoms with van der Waals surface area (Å²) in [5, 5.41) is 7.13. The second kappa shape index (κ2) is 9.52. The number of nitrogens with one attached hydrogen (secondary N) is 2. The second-order valence-electron chi connectivity index (χ2n) is 6.71. The van der Waals surface area contributed by atoms with Crippen LogP contribution in [0.15, 0.2) is 78.5 Å². The molecule has 2 amide bonds. The zero-order valence-corrected chi connectivity index (χ0v) is 16.7. The standard InChI is InChI=1S/C24H22N2O4/c1-16(23(28)26-21-14-8-12-19-11-6-7-13-20(19)21)30-24(29)22(25-17(2)27)15-18-9-4-3-5-10-18/h3-16H,1-2H3,(H,25,27)(H,26,28)/b22-15+. The summed E-state index contributed by atoms with van der Waals surface area (Å²) in [5.74, 6) is -1.68. The highest BCUT2D eigenvalue weighted by Gasteiger charge is 2.22. The normalized spacial score (nSPS) is 12.1. The number of amides is 2. The highest BCUT2D eigenvalue weighted by molar-refractivity contribution is 6.05. The van der Waals surface area contributed by atoms with Crippen LogP contribution in [0, 0.1) is 0 Å². The lowest BCUT2D eigenvalue weighted by molar-refractivity contribution is -0.149. The van der Waals surface area contributed by atoms with E-state index in [0.717, 1.165) is 10.8 Å². The minimum absolute atomic E-state index is 0.0430. The van der Waals surface area contributed by atoms with Gasteiger partial charge in [0.15, 0.2) is 6.10 Å². The Bertz CT molecular complexity index is 1100. The van der Waals surface area contributed by atoms with Crippen molar-refractivity contribution < 1.29 is 19.1 Å². The molecule has 6 nitrogen and oxygen atoms in total. The third kappa shape index (κ3) is 5.32. The average Bonchev–Trinajstić information content (AvgIpc) is 2.74. The van der Waals surface area contributed by atoms with Gasteiger partial charge in [0.2, 0.25) is 5.91 Å². The number of ether oxygens (including phenoxy) is 1. The molecular formula is C24H22N2O4. The van der Waals surface area contributed by atoms with Crippen LogP contribution in [0.3, 0.4) is 0 Å². The van der Waals surface area contributed by atoms with Gasteiger partial charge in [-0.3, -0.25) is 9.59 Å². The summed E-state index contributed by atoms with van der Waals surface area (Å²) in [4.78, 5) is 36.7. The van der Waals surface area contributed by atoms with Crippen LogP contribution in [0.5, 0.6) is 0 Å². The third-order valence-corrected chi connectivity index (χ3v) is 4.34. The predicted molar refractivity (Wildman–Crippen MR) is 116 cm³/mol. The maximum Gasteiger partial charge on any atom is 0.355 e. The minimum atomic E-state index is -1.07. The van der Waals surface area contributed by atoms with Crippen LogP contribution in [0.4, 0.5) is 5.69 Å². The van der Waals surface area contributed by atoms with Crippen LogP contribution < -0.4 is 10.6 Å². The van der Waals surface area contributed by atoms with Crippen LogP contribution >= 0.6 is 0 Å². The zero-order valence-electron chi connectivity index (χ0n) is 16.7. The Morgan fingerprint density at radius 1 is 0.900 bits per heavy atom. The highest BCUT2D eigenvalue weighted by Crippen LogP contribution is 2.23. The largest absolute Gasteiger partial charge is 0.448 e. The number of anilines is 1. The van der Waals surface area contributed by atoms with Crippen LogP contribution in [0.25, 0.3) is 16.8 Å². The van der Waals surface area contributed by atoms with Gasteiger partial charge < -0.3 is 15.4 Å². The van der Waals surface area contributed by atoms with Gasteiger partial charge in [0, 0.05) is 18.0 Å². The summed E-state index contributed by atoms with van der Waals surface area (Å²) < 4.78 is 5.30. The monoisotopic (exact) mass is 402 g/mol. The Morgan fingerprint density at radius 3 is 2.30 bits per heavy atom. The van der Waals surface area contributed by atoms with Crippen molar-refractivity contribution in [3.8, 4) is 0 Å². The molecule has 1 unspecified atom stereocenters. The molecule has 0 aliphatic rings. The van der Waals surface area contributed by atoms with Gasteiger partial charge in [0.05, 0.1) is 0 Å². The van der Waals surface area contributed by atoms with Gasteiger partial charge in [-0.2, -0.15) is 0 Å². The first-order valence-corrected chi connectivity index (χ1v) is 9.48. The quantitative estimate of drug-likeness (QED) is 0.484. The fourth-order valence-electron chi connectivity index (χ4n) is 2.90. The van der Waals surface area contributed by atoms with E-state index < -0.39 is 23.9 Å². The van der Waals surface area contributed by atoms with E-state index in [0.29, 0.717) is 11.3 Å². The van der Waals surface area contributed by atoms with Crippen molar-refractivity contribution in [2.24, 2.45) is 0 Å². The van der Waals surface area contributed by atoms with Crippen molar-refractivity contribution in [3.05, 3.63) is 84.1 Å². The van der Waals surface area contributed by atoms with Crippen LogP contribution in [-0.2, 0) is 19.1 Å². The molecule has 152 valence electrons. The summed E-state index contributed by atoms with van der Waals surface area (Å²) in [6, 6.07) is 22.2. The Labute approximate surface area is 174 Å². The van der Waals surface area contributed by atoms with Crippen molar-refractivity contribution >= 4 is 40.3 Å². The second-order valence-corrected chi connectivity index (χ2v) is 6.71. The first-order chi connectivity index (χ1) is 14.4. The summed E-state index contributed by atoms with van der Waals surface area (Å²) >= 11 is 0. The van der Waals surface area contributed by atoms with E-state index in [2.05, 4.69) is 10.6 Å². The molecule has 3 aromatic carbocycles. The van der Waals surface area contributed by atoms with Crippen molar-refractivity contribution in [3.63, 3.8) is 0 Å². The topological polar surface area (TPSA) is 84.5 Å². The van der Waals surface area contributed by atoms with Crippen LogP contribution in [-0.4, -0.2) is 23.9 Å². The van der Waals surface area contributed by atoms with E-state index in [1.807, 2.05) is 54.6 Å². The number of carbonyl (C=O) groups excluding carboxylic acids is 3. The Kier molecular flexibility index (Phi) is 6.60. The molecule has 30 heavy (non-hydrogen) atoms. The molecule has 3 aromatic rings. The molecule has 0 aliphatic carbocycles. The lowest BCUT2D eigenvalue weighted by Crippen LogP contribution is -2.33. The maximum atomic E-state index is 12.6. The Hall–Kier alpha value is -3.93. The molecule has 0 bridgehead atoms. The fraction of sp³-hybridized carbons (Fsp3) is 0.125. The van der Waals surface area contributed by atoms with E-state index >= 15 is 0 Å². The van der Waals surface area contributed by atoms with Gasteiger partial charge >= 0.3 is 5.97 Å². The predicted octanol–water partition coefficient (Wildman–Crippen LogP) is 3.89. The molecule has 0 fully saturated rings. The number of esters is 1. The van der Waals surface area contributed by atoms with Crippen LogP contribution in [0.2, 0.25) is 0 Å². The molecular weight excluding hydrogens is 380 g/mol. The van der Waals surface area contributed by atoms with Crippen molar-refractivity contribution in [1.29, 1.82) is 0 Å². The van der Waals surface area contributed by atoms with Gasteiger partial charge in [-0.05, 0) is 30.0 Å². The van der Waals surface area contributed by atoms with Gasteiger partial charge in [0.25, 0.3) is 5.91 Å². The van der Waals surface area contributed by atoms with Crippen LogP contribution in [0.1, 0.15) is 19.4 Å². The van der Waals surface area contributed by atoms with E-state index in [9.17, 15) is 14.4 Å². The lowest BCUT2D eigenvalue weighted by Gasteiger charge is -2.16. The number of fused-ring (bicyclic) bond motifs is 1. The Balaban J connectivity index is 1.73. The zero-order chi connectivity index (χ0) is 21.5. The average molecular weight is 402 g/mol. The summed E-state index contributed by atoms with van der Waals surface area (Å²) in [6.45, 7) is 2.77.